The Morgan fingerprint density at radius 1 is 1.33 bits per heavy atom. The van der Waals surface area contributed by atoms with Crippen LogP contribution in [0.2, 0.25) is 0 Å². The van der Waals surface area contributed by atoms with Crippen LogP contribution in [0, 0.1) is 0 Å². The van der Waals surface area contributed by atoms with Crippen molar-refractivity contribution in [1.29, 1.82) is 0 Å². The van der Waals surface area contributed by atoms with Gasteiger partial charge in [0.25, 0.3) is 0 Å². The van der Waals surface area contributed by atoms with Gasteiger partial charge in [-0.15, -0.1) is 0 Å². The van der Waals surface area contributed by atoms with Gasteiger partial charge in [0.1, 0.15) is 0 Å². The lowest BCUT2D eigenvalue weighted by atomic mass is 10.4. The fourth-order valence-electron chi connectivity index (χ4n) is 1.60. The molecular formula is C11H22N4O2S. The zero-order valence-corrected chi connectivity index (χ0v) is 11.9. The molecule has 1 aromatic heterocycles. The van der Waals surface area contributed by atoms with Crippen molar-refractivity contribution >= 4 is 10.0 Å². The molecule has 0 aliphatic carbocycles. The Bertz CT molecular complexity index is 428. The molecular weight excluding hydrogens is 252 g/mol. The zero-order chi connectivity index (χ0) is 13.6. The van der Waals surface area contributed by atoms with Gasteiger partial charge in [0.15, 0.2) is 0 Å². The highest BCUT2D eigenvalue weighted by Crippen LogP contribution is 1.95. The van der Waals surface area contributed by atoms with Crippen LogP contribution >= 0.6 is 0 Å². The minimum Gasteiger partial charge on any atom is -0.336 e. The van der Waals surface area contributed by atoms with E-state index in [2.05, 4.69) is 15.0 Å². The first-order valence-corrected chi connectivity index (χ1v) is 7.73. The smallest absolute Gasteiger partial charge is 0.213 e. The van der Waals surface area contributed by atoms with Gasteiger partial charge in [-0.25, -0.2) is 18.1 Å². The predicted octanol–water partition coefficient (Wildman–Crippen LogP) is 0.189. The molecule has 2 N–H and O–H groups in total. The van der Waals surface area contributed by atoms with Gasteiger partial charge in [-0.1, -0.05) is 13.8 Å². The minimum atomic E-state index is -3.23. The molecule has 0 bridgehead atoms. The Hall–Kier alpha value is -0.920. The van der Waals surface area contributed by atoms with E-state index < -0.39 is 10.0 Å². The average Bonchev–Trinajstić information content (AvgIpc) is 2.67. The van der Waals surface area contributed by atoms with E-state index in [0.29, 0.717) is 19.1 Å². The first-order valence-electron chi connectivity index (χ1n) is 6.08. The quantitative estimate of drug-likeness (QED) is 0.709. The number of hydrogen-bond acceptors (Lipinski definition) is 4. The number of hydrogen-bond donors (Lipinski definition) is 2. The van der Waals surface area contributed by atoms with E-state index in [0.717, 1.165) is 0 Å². The van der Waals surface area contributed by atoms with Gasteiger partial charge in [0, 0.05) is 37.6 Å². The first-order chi connectivity index (χ1) is 8.39. The van der Waals surface area contributed by atoms with Crippen LogP contribution < -0.4 is 10.0 Å². The second kappa shape index (κ2) is 6.86. The van der Waals surface area contributed by atoms with Crippen molar-refractivity contribution in [2.45, 2.75) is 39.4 Å². The van der Waals surface area contributed by atoms with Crippen LogP contribution in [-0.2, 0) is 16.6 Å². The second-order valence-corrected chi connectivity index (χ2v) is 6.58. The molecule has 1 unspecified atom stereocenters. The molecule has 7 heteroatoms. The standard InChI is InChI=1S/C11H22N4O2S/c1-10(2)13-5-7-18(16,17)14-11(3)8-15-6-4-12-9-15/h4,6,9-11,13-14H,5,7-8H2,1-3H3. The van der Waals surface area contributed by atoms with Gasteiger partial charge < -0.3 is 9.88 Å². The van der Waals surface area contributed by atoms with Gasteiger partial charge in [-0.3, -0.25) is 0 Å². The monoisotopic (exact) mass is 274 g/mol. The lowest BCUT2D eigenvalue weighted by Gasteiger charge is -2.15. The van der Waals surface area contributed by atoms with Crippen molar-refractivity contribution in [3.05, 3.63) is 18.7 Å². The molecule has 1 aromatic rings. The second-order valence-electron chi connectivity index (χ2n) is 4.71. The molecule has 1 heterocycles. The highest BCUT2D eigenvalue weighted by molar-refractivity contribution is 7.89. The summed E-state index contributed by atoms with van der Waals surface area (Å²) in [6, 6.07) is 0.145. The van der Waals surface area contributed by atoms with Gasteiger partial charge >= 0.3 is 0 Å². The van der Waals surface area contributed by atoms with Crippen LogP contribution in [0.1, 0.15) is 20.8 Å². The number of aromatic nitrogens is 2. The summed E-state index contributed by atoms with van der Waals surface area (Å²) in [7, 11) is -3.23. The van der Waals surface area contributed by atoms with Gasteiger partial charge in [-0.2, -0.15) is 0 Å². The summed E-state index contributed by atoms with van der Waals surface area (Å²) in [5.74, 6) is 0.0967. The molecule has 0 fully saturated rings. The average molecular weight is 274 g/mol. The van der Waals surface area contributed by atoms with Crippen molar-refractivity contribution in [2.75, 3.05) is 12.3 Å². The lowest BCUT2D eigenvalue weighted by molar-refractivity contribution is 0.516. The Kier molecular flexibility index (Phi) is 5.77. The van der Waals surface area contributed by atoms with Gasteiger partial charge in [0.2, 0.25) is 10.0 Å². The zero-order valence-electron chi connectivity index (χ0n) is 11.1. The molecule has 0 amide bonds. The van der Waals surface area contributed by atoms with Crippen LogP contribution in [0.4, 0.5) is 0 Å². The molecule has 1 rings (SSSR count). The third kappa shape index (κ3) is 6.13. The number of sulfonamides is 1. The van der Waals surface area contributed by atoms with E-state index in [9.17, 15) is 8.42 Å². The van der Waals surface area contributed by atoms with Crippen LogP contribution in [0.25, 0.3) is 0 Å². The van der Waals surface area contributed by atoms with Gasteiger partial charge in [-0.05, 0) is 6.92 Å². The number of nitrogens with zero attached hydrogens (tertiary/aromatic N) is 2. The van der Waals surface area contributed by atoms with E-state index in [-0.39, 0.29) is 11.8 Å². The van der Waals surface area contributed by atoms with Crippen molar-refractivity contribution in [1.82, 2.24) is 19.6 Å². The molecule has 0 saturated carbocycles. The SMILES string of the molecule is CC(C)NCCS(=O)(=O)NC(C)Cn1ccnc1. The topological polar surface area (TPSA) is 76.0 Å². The molecule has 0 spiro atoms. The molecule has 18 heavy (non-hydrogen) atoms. The van der Waals surface area contributed by atoms with Gasteiger partial charge in [0.05, 0.1) is 12.1 Å². The Morgan fingerprint density at radius 3 is 2.61 bits per heavy atom. The van der Waals surface area contributed by atoms with Crippen molar-refractivity contribution in [2.24, 2.45) is 0 Å². The maximum atomic E-state index is 11.8. The fourth-order valence-corrected chi connectivity index (χ4v) is 2.79. The summed E-state index contributed by atoms with van der Waals surface area (Å²) >= 11 is 0. The Labute approximate surface area is 109 Å². The molecule has 0 aliphatic heterocycles. The number of imidazole rings is 1. The molecule has 6 nitrogen and oxygen atoms in total. The summed E-state index contributed by atoms with van der Waals surface area (Å²) in [4.78, 5) is 3.92. The highest BCUT2D eigenvalue weighted by atomic mass is 32.2. The summed E-state index contributed by atoms with van der Waals surface area (Å²) in [6.45, 7) is 6.86. The van der Waals surface area contributed by atoms with Crippen molar-refractivity contribution in [3.8, 4) is 0 Å². The summed E-state index contributed by atoms with van der Waals surface area (Å²) in [6.07, 6.45) is 5.16. The Balaban J connectivity index is 2.35. The maximum Gasteiger partial charge on any atom is 0.213 e. The van der Waals surface area contributed by atoms with E-state index in [1.807, 2.05) is 31.5 Å². The Morgan fingerprint density at radius 2 is 2.06 bits per heavy atom. The highest BCUT2D eigenvalue weighted by Gasteiger charge is 2.14. The lowest BCUT2D eigenvalue weighted by Crippen LogP contribution is -2.40. The largest absolute Gasteiger partial charge is 0.336 e. The molecule has 1 atom stereocenters. The molecule has 0 saturated heterocycles. The summed E-state index contributed by atoms with van der Waals surface area (Å²) in [5, 5.41) is 3.09. The number of nitrogens with one attached hydrogen (secondary N) is 2. The molecule has 0 radical (unpaired) electrons. The summed E-state index contributed by atoms with van der Waals surface area (Å²) < 4.78 is 28.0. The van der Waals surface area contributed by atoms with Crippen LogP contribution in [-0.4, -0.2) is 42.4 Å². The predicted molar refractivity (Wildman–Crippen MR) is 71.8 cm³/mol. The fraction of sp³-hybridized carbons (Fsp3) is 0.727. The number of rotatable bonds is 8. The van der Waals surface area contributed by atoms with E-state index in [1.54, 1.807) is 12.5 Å². The van der Waals surface area contributed by atoms with Crippen LogP contribution in [0.3, 0.4) is 0 Å². The minimum absolute atomic E-state index is 0.0967. The maximum absolute atomic E-state index is 11.8. The third-order valence-electron chi connectivity index (χ3n) is 2.35. The molecule has 104 valence electrons. The third-order valence-corrected chi connectivity index (χ3v) is 3.85. The van der Waals surface area contributed by atoms with Crippen molar-refractivity contribution in [3.63, 3.8) is 0 Å². The first kappa shape index (κ1) is 15.1. The van der Waals surface area contributed by atoms with Crippen LogP contribution in [0.15, 0.2) is 18.7 Å². The van der Waals surface area contributed by atoms with E-state index in [1.165, 1.54) is 0 Å². The molecule has 0 aliphatic rings. The summed E-state index contributed by atoms with van der Waals surface area (Å²) in [5.41, 5.74) is 0. The van der Waals surface area contributed by atoms with E-state index in [4.69, 9.17) is 0 Å². The molecule has 0 aromatic carbocycles. The van der Waals surface area contributed by atoms with E-state index >= 15 is 0 Å². The normalized spacial score (nSPS) is 14.0. The van der Waals surface area contributed by atoms with Crippen LogP contribution in [0.5, 0.6) is 0 Å². The van der Waals surface area contributed by atoms with Crippen molar-refractivity contribution < 1.29 is 8.42 Å².